The van der Waals surface area contributed by atoms with Gasteiger partial charge in [-0.3, -0.25) is 5.10 Å². The van der Waals surface area contributed by atoms with E-state index in [2.05, 4.69) is 39.8 Å². The van der Waals surface area contributed by atoms with Gasteiger partial charge in [0.15, 0.2) is 0 Å². The van der Waals surface area contributed by atoms with Gasteiger partial charge in [0, 0.05) is 12.7 Å². The van der Waals surface area contributed by atoms with Crippen molar-refractivity contribution in [1.82, 2.24) is 15.5 Å². The standard InChI is InChI=1S/C13H15N3O/c1-3-11(13-5-6-15-16-13)4-2-10(1)7-14-12-8-17-9-12/h1-6,12,14H,7-9H2,(H,15,16). The second kappa shape index (κ2) is 4.69. The first kappa shape index (κ1) is 10.5. The van der Waals surface area contributed by atoms with Gasteiger partial charge in [-0.2, -0.15) is 5.10 Å². The predicted octanol–water partition coefficient (Wildman–Crippen LogP) is 1.57. The summed E-state index contributed by atoms with van der Waals surface area (Å²) in [6.07, 6.45) is 1.77. The molecule has 3 rings (SSSR count). The van der Waals surface area contributed by atoms with Crippen LogP contribution in [-0.2, 0) is 11.3 Å². The van der Waals surface area contributed by atoms with Crippen molar-refractivity contribution < 1.29 is 4.74 Å². The molecule has 0 amide bonds. The summed E-state index contributed by atoms with van der Waals surface area (Å²) in [5.74, 6) is 0. The summed E-state index contributed by atoms with van der Waals surface area (Å²) < 4.78 is 5.12. The van der Waals surface area contributed by atoms with E-state index in [9.17, 15) is 0 Å². The van der Waals surface area contributed by atoms with E-state index in [0.29, 0.717) is 6.04 Å². The van der Waals surface area contributed by atoms with Crippen molar-refractivity contribution in [3.8, 4) is 11.3 Å². The number of hydrogen-bond donors (Lipinski definition) is 2. The van der Waals surface area contributed by atoms with Gasteiger partial charge in [0.2, 0.25) is 0 Å². The van der Waals surface area contributed by atoms with Crippen molar-refractivity contribution in [2.45, 2.75) is 12.6 Å². The molecule has 0 bridgehead atoms. The van der Waals surface area contributed by atoms with Gasteiger partial charge in [-0.25, -0.2) is 0 Å². The molecule has 2 heterocycles. The molecule has 1 aromatic heterocycles. The molecule has 0 atom stereocenters. The van der Waals surface area contributed by atoms with Crippen LogP contribution in [0.1, 0.15) is 5.56 Å². The van der Waals surface area contributed by atoms with E-state index in [1.54, 1.807) is 6.20 Å². The quantitative estimate of drug-likeness (QED) is 0.836. The summed E-state index contributed by atoms with van der Waals surface area (Å²) >= 11 is 0. The molecule has 1 aliphatic rings. The van der Waals surface area contributed by atoms with E-state index < -0.39 is 0 Å². The summed E-state index contributed by atoms with van der Waals surface area (Å²) in [4.78, 5) is 0. The van der Waals surface area contributed by atoms with Gasteiger partial charge in [0.25, 0.3) is 0 Å². The smallest absolute Gasteiger partial charge is 0.0650 e. The van der Waals surface area contributed by atoms with E-state index in [-0.39, 0.29) is 0 Å². The zero-order chi connectivity index (χ0) is 11.5. The third-order valence-electron chi connectivity index (χ3n) is 3.00. The van der Waals surface area contributed by atoms with Gasteiger partial charge in [-0.05, 0) is 17.2 Å². The third-order valence-corrected chi connectivity index (χ3v) is 3.00. The van der Waals surface area contributed by atoms with E-state index >= 15 is 0 Å². The lowest BCUT2D eigenvalue weighted by Crippen LogP contribution is -2.45. The highest BCUT2D eigenvalue weighted by Crippen LogP contribution is 2.16. The van der Waals surface area contributed by atoms with Gasteiger partial charge in [0.05, 0.1) is 24.9 Å². The topological polar surface area (TPSA) is 49.9 Å². The minimum Gasteiger partial charge on any atom is -0.378 e. The number of hydrogen-bond acceptors (Lipinski definition) is 3. The average molecular weight is 229 g/mol. The Hall–Kier alpha value is -1.65. The Labute approximate surface area is 100 Å². The highest BCUT2D eigenvalue weighted by Gasteiger charge is 2.16. The predicted molar refractivity (Wildman–Crippen MR) is 65.5 cm³/mol. The van der Waals surface area contributed by atoms with Crippen LogP contribution in [0.2, 0.25) is 0 Å². The van der Waals surface area contributed by atoms with Crippen molar-refractivity contribution >= 4 is 0 Å². The Morgan fingerprint density at radius 1 is 1.24 bits per heavy atom. The molecule has 0 unspecified atom stereocenters. The number of H-pyrrole nitrogens is 1. The maximum atomic E-state index is 5.12. The molecule has 1 fully saturated rings. The van der Waals surface area contributed by atoms with E-state index in [4.69, 9.17) is 4.74 Å². The number of ether oxygens (including phenoxy) is 1. The molecule has 0 saturated carbocycles. The lowest BCUT2D eigenvalue weighted by Gasteiger charge is -2.27. The van der Waals surface area contributed by atoms with Crippen molar-refractivity contribution in [3.05, 3.63) is 42.1 Å². The second-order valence-electron chi connectivity index (χ2n) is 4.28. The van der Waals surface area contributed by atoms with Crippen LogP contribution < -0.4 is 5.32 Å². The molecule has 4 nitrogen and oxygen atoms in total. The van der Waals surface area contributed by atoms with Crippen LogP contribution in [0.15, 0.2) is 36.5 Å². The summed E-state index contributed by atoms with van der Waals surface area (Å²) in [6, 6.07) is 11.0. The molecular formula is C13H15N3O. The Morgan fingerprint density at radius 3 is 2.65 bits per heavy atom. The molecule has 0 radical (unpaired) electrons. The first-order valence-electron chi connectivity index (χ1n) is 5.81. The van der Waals surface area contributed by atoms with Crippen molar-refractivity contribution in [3.63, 3.8) is 0 Å². The van der Waals surface area contributed by atoms with Crippen LogP contribution in [0.25, 0.3) is 11.3 Å². The summed E-state index contributed by atoms with van der Waals surface area (Å²) in [7, 11) is 0. The monoisotopic (exact) mass is 229 g/mol. The van der Waals surface area contributed by atoms with Gasteiger partial charge in [0.1, 0.15) is 0 Å². The Bertz CT molecular complexity index is 460. The van der Waals surface area contributed by atoms with Gasteiger partial charge >= 0.3 is 0 Å². The normalized spacial score (nSPS) is 15.8. The summed E-state index contributed by atoms with van der Waals surface area (Å²) in [6.45, 7) is 2.58. The van der Waals surface area contributed by atoms with Crippen molar-refractivity contribution in [2.75, 3.05) is 13.2 Å². The van der Waals surface area contributed by atoms with E-state index in [1.165, 1.54) is 11.1 Å². The molecule has 88 valence electrons. The highest BCUT2D eigenvalue weighted by molar-refractivity contribution is 5.58. The lowest BCUT2D eigenvalue weighted by molar-refractivity contribution is -0.00578. The maximum absolute atomic E-state index is 5.12. The van der Waals surface area contributed by atoms with Gasteiger partial charge in [-0.15, -0.1) is 0 Å². The van der Waals surface area contributed by atoms with Crippen molar-refractivity contribution in [2.24, 2.45) is 0 Å². The largest absolute Gasteiger partial charge is 0.378 e. The molecule has 0 aliphatic carbocycles. The number of benzene rings is 1. The minimum absolute atomic E-state index is 0.530. The fraction of sp³-hybridized carbons (Fsp3) is 0.308. The molecular weight excluding hydrogens is 214 g/mol. The molecule has 0 spiro atoms. The fourth-order valence-electron chi connectivity index (χ4n) is 1.83. The molecule has 1 aliphatic heterocycles. The van der Waals surface area contributed by atoms with E-state index in [0.717, 1.165) is 25.5 Å². The first-order chi connectivity index (χ1) is 8.42. The zero-order valence-corrected chi connectivity index (χ0v) is 9.52. The Balaban J connectivity index is 1.63. The Morgan fingerprint density at radius 2 is 2.06 bits per heavy atom. The fourth-order valence-corrected chi connectivity index (χ4v) is 1.83. The third kappa shape index (κ3) is 2.38. The van der Waals surface area contributed by atoms with E-state index in [1.807, 2.05) is 6.07 Å². The molecule has 2 N–H and O–H groups in total. The van der Waals surface area contributed by atoms with Crippen LogP contribution in [-0.4, -0.2) is 29.5 Å². The number of nitrogens with one attached hydrogen (secondary N) is 2. The highest BCUT2D eigenvalue weighted by atomic mass is 16.5. The van der Waals surface area contributed by atoms with Crippen LogP contribution in [0.4, 0.5) is 0 Å². The minimum atomic E-state index is 0.530. The molecule has 1 saturated heterocycles. The Kier molecular flexibility index (Phi) is 2.90. The number of rotatable bonds is 4. The average Bonchev–Trinajstić information content (AvgIpc) is 2.81. The van der Waals surface area contributed by atoms with Crippen LogP contribution in [0.3, 0.4) is 0 Å². The van der Waals surface area contributed by atoms with Crippen LogP contribution >= 0.6 is 0 Å². The number of aromatic nitrogens is 2. The molecule has 17 heavy (non-hydrogen) atoms. The van der Waals surface area contributed by atoms with Gasteiger partial charge < -0.3 is 10.1 Å². The zero-order valence-electron chi connectivity index (χ0n) is 9.52. The molecule has 1 aromatic carbocycles. The molecule has 4 heteroatoms. The number of aromatic amines is 1. The first-order valence-corrected chi connectivity index (χ1v) is 5.81. The molecule has 2 aromatic rings. The summed E-state index contributed by atoms with van der Waals surface area (Å²) in [5, 5.41) is 10.4. The second-order valence-corrected chi connectivity index (χ2v) is 4.28. The van der Waals surface area contributed by atoms with Gasteiger partial charge in [-0.1, -0.05) is 24.3 Å². The summed E-state index contributed by atoms with van der Waals surface area (Å²) in [5.41, 5.74) is 3.51. The lowest BCUT2D eigenvalue weighted by atomic mass is 10.1. The maximum Gasteiger partial charge on any atom is 0.0650 e. The SMILES string of the molecule is c1cc(-c2ccc(CNC3COC3)cc2)[nH]n1. The van der Waals surface area contributed by atoms with Crippen molar-refractivity contribution in [1.29, 1.82) is 0 Å². The number of nitrogens with zero attached hydrogens (tertiary/aromatic N) is 1. The van der Waals surface area contributed by atoms with Crippen LogP contribution in [0, 0.1) is 0 Å². The van der Waals surface area contributed by atoms with Crippen LogP contribution in [0.5, 0.6) is 0 Å².